The number of hydrogen-bond donors (Lipinski definition) is 4. The Bertz CT molecular complexity index is 1060. The molecule has 0 atom stereocenters. The summed E-state index contributed by atoms with van der Waals surface area (Å²) in [5.41, 5.74) is 14.4. The van der Waals surface area contributed by atoms with Gasteiger partial charge in [0, 0.05) is 42.2 Å². The van der Waals surface area contributed by atoms with Crippen LogP contribution < -0.4 is 11.5 Å². The molecule has 1 aliphatic carbocycles. The average molecular weight is 440 g/mol. The summed E-state index contributed by atoms with van der Waals surface area (Å²) < 4.78 is 0. The van der Waals surface area contributed by atoms with Crippen molar-refractivity contribution >= 4 is 56.6 Å². The lowest BCUT2D eigenvalue weighted by molar-refractivity contribution is -0.136. The van der Waals surface area contributed by atoms with Crippen molar-refractivity contribution in [1.29, 1.82) is 5.41 Å². The predicted octanol–water partition coefficient (Wildman–Crippen LogP) is 3.32. The average Bonchev–Trinajstić information content (AvgIpc) is 3.28. The first kappa shape index (κ1) is 22.4. The molecule has 9 nitrogen and oxygen atoms in total. The highest BCUT2D eigenvalue weighted by Crippen LogP contribution is 2.30. The van der Waals surface area contributed by atoms with Crippen molar-refractivity contribution in [2.75, 3.05) is 6.54 Å². The van der Waals surface area contributed by atoms with Crippen LogP contribution in [0.15, 0.2) is 40.6 Å². The van der Waals surface area contributed by atoms with Crippen LogP contribution in [0.4, 0.5) is 5.82 Å². The highest BCUT2D eigenvalue weighted by molar-refractivity contribution is 8.26. The largest absolute Gasteiger partial charge is 0.481 e. The van der Waals surface area contributed by atoms with E-state index < -0.39 is 5.97 Å². The highest BCUT2D eigenvalue weighted by Gasteiger charge is 2.21. The Morgan fingerprint density at radius 2 is 2.10 bits per heavy atom. The van der Waals surface area contributed by atoms with E-state index in [1.165, 1.54) is 24.2 Å². The van der Waals surface area contributed by atoms with Gasteiger partial charge in [0.25, 0.3) is 0 Å². The fraction of sp³-hybridized carbons (Fsp3) is 0.333. The molecule has 0 spiro atoms. The maximum Gasteiger partial charge on any atom is 0.305 e. The number of aromatic nitrogens is 2. The van der Waals surface area contributed by atoms with E-state index in [9.17, 15) is 4.79 Å². The van der Waals surface area contributed by atoms with E-state index in [2.05, 4.69) is 20.0 Å². The number of aliphatic imine (C=N–C) groups is 2. The van der Waals surface area contributed by atoms with Gasteiger partial charge in [-0.05, 0) is 42.8 Å². The number of nitrogens with one attached hydrogen (secondary N) is 1. The van der Waals surface area contributed by atoms with Gasteiger partial charge in [-0.3, -0.25) is 20.2 Å². The minimum absolute atomic E-state index is 0.0507. The zero-order valence-electron chi connectivity index (χ0n) is 17.0. The van der Waals surface area contributed by atoms with Crippen molar-refractivity contribution in [1.82, 2.24) is 9.97 Å². The van der Waals surface area contributed by atoms with Gasteiger partial charge in [0.1, 0.15) is 0 Å². The molecule has 31 heavy (non-hydrogen) atoms. The Labute approximate surface area is 184 Å². The zero-order chi connectivity index (χ0) is 22.2. The van der Waals surface area contributed by atoms with Gasteiger partial charge in [-0.1, -0.05) is 12.8 Å². The second kappa shape index (κ2) is 10.7. The molecule has 0 unspecified atom stereocenters. The third-order valence-electron chi connectivity index (χ3n) is 4.89. The fourth-order valence-electron chi connectivity index (χ4n) is 3.27. The van der Waals surface area contributed by atoms with Gasteiger partial charge in [-0.25, -0.2) is 9.98 Å². The fourth-order valence-corrected chi connectivity index (χ4v) is 4.04. The van der Waals surface area contributed by atoms with Crippen LogP contribution in [0.3, 0.4) is 0 Å². The third kappa shape index (κ3) is 6.35. The summed E-state index contributed by atoms with van der Waals surface area (Å²) in [4.78, 5) is 27.9. The second-order valence-corrected chi connectivity index (χ2v) is 8.19. The molecule has 2 heterocycles. The first-order valence-corrected chi connectivity index (χ1v) is 10.8. The maximum atomic E-state index is 10.6. The van der Waals surface area contributed by atoms with Crippen molar-refractivity contribution in [3.8, 4) is 0 Å². The molecule has 10 heteroatoms. The topological polar surface area (TPSA) is 164 Å². The lowest BCUT2D eigenvalue weighted by Gasteiger charge is -2.09. The highest BCUT2D eigenvalue weighted by atomic mass is 32.2. The first-order valence-electron chi connectivity index (χ1n) is 9.97. The number of thioether (sulfide) groups is 1. The molecule has 0 saturated heterocycles. The summed E-state index contributed by atoms with van der Waals surface area (Å²) in [5.74, 6) is -0.186. The van der Waals surface area contributed by atoms with Crippen molar-refractivity contribution in [3.63, 3.8) is 0 Å². The number of carboxylic acid groups (broad SMARTS) is 1. The predicted molar refractivity (Wildman–Crippen MR) is 126 cm³/mol. The molecule has 0 bridgehead atoms. The standard InChI is InChI=1S/C21H25N7O2S/c22-10-15(11-25-8-7-19(29)30)14-9-17-16(26-12-14)5-6-18(27-17)28-21(24)31-20(23)13-3-1-2-4-13/h5-6,9-13,23H,1-4,7-8,22H2,(H,29,30)(H2,24,27,28). The summed E-state index contributed by atoms with van der Waals surface area (Å²) >= 11 is 1.19. The number of carbonyl (C=O) groups is 1. The minimum Gasteiger partial charge on any atom is -0.481 e. The number of amidine groups is 1. The Hall–Kier alpha value is -3.27. The van der Waals surface area contributed by atoms with Gasteiger partial charge in [0.2, 0.25) is 0 Å². The van der Waals surface area contributed by atoms with Crippen molar-refractivity contribution in [2.24, 2.45) is 27.4 Å². The molecule has 1 saturated carbocycles. The molecule has 162 valence electrons. The summed E-state index contributed by atoms with van der Waals surface area (Å²) in [5, 5.41) is 17.8. The van der Waals surface area contributed by atoms with Crippen LogP contribution in [-0.4, -0.2) is 44.0 Å². The molecule has 2 aromatic heterocycles. The number of hydrogen-bond acceptors (Lipinski definition) is 8. The van der Waals surface area contributed by atoms with Crippen LogP contribution in [0.25, 0.3) is 16.6 Å². The number of carboxylic acids is 1. The molecule has 2 aromatic rings. The molecule has 0 radical (unpaired) electrons. The van der Waals surface area contributed by atoms with Gasteiger partial charge in [0.15, 0.2) is 11.0 Å². The van der Waals surface area contributed by atoms with E-state index in [4.69, 9.17) is 22.0 Å². The van der Waals surface area contributed by atoms with E-state index in [0.717, 1.165) is 25.7 Å². The smallest absolute Gasteiger partial charge is 0.305 e. The Morgan fingerprint density at radius 3 is 2.81 bits per heavy atom. The van der Waals surface area contributed by atoms with Gasteiger partial charge < -0.3 is 16.6 Å². The van der Waals surface area contributed by atoms with E-state index in [-0.39, 0.29) is 18.9 Å². The Balaban J connectivity index is 1.76. The van der Waals surface area contributed by atoms with Crippen molar-refractivity contribution < 1.29 is 9.90 Å². The summed E-state index contributed by atoms with van der Waals surface area (Å²) in [7, 11) is 0. The van der Waals surface area contributed by atoms with Crippen molar-refractivity contribution in [2.45, 2.75) is 32.1 Å². The molecule has 1 aliphatic rings. The molecule has 0 aromatic carbocycles. The number of nitrogens with zero attached hydrogens (tertiary/aromatic N) is 4. The molecule has 3 rings (SSSR count). The van der Waals surface area contributed by atoms with Gasteiger partial charge in [-0.15, -0.1) is 0 Å². The van der Waals surface area contributed by atoms with Crippen LogP contribution in [-0.2, 0) is 4.79 Å². The van der Waals surface area contributed by atoms with Crippen LogP contribution >= 0.6 is 11.8 Å². The number of aliphatic carboxylic acids is 1. The molecule has 6 N–H and O–H groups in total. The minimum atomic E-state index is -0.907. The summed E-state index contributed by atoms with van der Waals surface area (Å²) in [6.45, 7) is 0.164. The summed E-state index contributed by atoms with van der Waals surface area (Å²) in [6, 6.07) is 5.35. The number of allylic oxidation sites excluding steroid dienone is 1. The van der Waals surface area contributed by atoms with E-state index >= 15 is 0 Å². The molecular weight excluding hydrogens is 414 g/mol. The van der Waals surface area contributed by atoms with E-state index in [1.807, 2.05) is 6.07 Å². The SMILES string of the molecule is N=C(SC(N)=Nc1ccc2ncc(C(C=NCCC(=O)O)=CN)cc2n1)C1CCCC1. The Kier molecular flexibility index (Phi) is 7.71. The number of pyridine rings is 2. The first-order chi connectivity index (χ1) is 15.0. The molecule has 0 amide bonds. The van der Waals surface area contributed by atoms with E-state index in [0.29, 0.717) is 38.2 Å². The van der Waals surface area contributed by atoms with Crippen LogP contribution in [0.5, 0.6) is 0 Å². The van der Waals surface area contributed by atoms with E-state index in [1.54, 1.807) is 18.3 Å². The zero-order valence-corrected chi connectivity index (χ0v) is 17.8. The van der Waals surface area contributed by atoms with Gasteiger partial charge >= 0.3 is 5.97 Å². The lowest BCUT2D eigenvalue weighted by Crippen LogP contribution is -2.14. The van der Waals surface area contributed by atoms with Gasteiger partial charge in [0.05, 0.1) is 22.5 Å². The second-order valence-electron chi connectivity index (χ2n) is 7.13. The molecule has 0 aliphatic heterocycles. The lowest BCUT2D eigenvalue weighted by atomic mass is 10.1. The molecular formula is C21H25N7O2S. The maximum absolute atomic E-state index is 10.6. The van der Waals surface area contributed by atoms with Crippen LogP contribution in [0, 0.1) is 11.3 Å². The third-order valence-corrected chi connectivity index (χ3v) is 5.74. The van der Waals surface area contributed by atoms with Crippen molar-refractivity contribution in [3.05, 3.63) is 36.2 Å². The normalized spacial score (nSPS) is 15.7. The summed E-state index contributed by atoms with van der Waals surface area (Å²) in [6.07, 6.45) is 8.92. The van der Waals surface area contributed by atoms with Crippen LogP contribution in [0.2, 0.25) is 0 Å². The van der Waals surface area contributed by atoms with Gasteiger partial charge in [-0.2, -0.15) is 0 Å². The quantitative estimate of drug-likeness (QED) is 0.379. The molecule has 1 fully saturated rings. The Morgan fingerprint density at radius 1 is 1.32 bits per heavy atom. The number of fused-ring (bicyclic) bond motifs is 1. The number of nitrogens with two attached hydrogens (primary N) is 2. The number of rotatable bonds is 7. The monoisotopic (exact) mass is 439 g/mol. The van der Waals surface area contributed by atoms with Crippen LogP contribution in [0.1, 0.15) is 37.7 Å².